The zero-order chi connectivity index (χ0) is 48.7. The van der Waals surface area contributed by atoms with Gasteiger partial charge in [-0.2, -0.15) is 0 Å². The molecule has 0 aromatic carbocycles. The van der Waals surface area contributed by atoms with Gasteiger partial charge < -0.3 is 45.0 Å². The molecule has 0 spiro atoms. The molecule has 0 aromatic rings. The maximum absolute atomic E-state index is 12.8. The molecule has 0 aliphatic heterocycles. The first kappa shape index (κ1) is 60.5. The highest BCUT2D eigenvalue weighted by Crippen LogP contribution is 2.47. The molecule has 14 nitrogen and oxygen atoms in total. The lowest BCUT2D eigenvalue weighted by Crippen LogP contribution is -2.64. The molecule has 66 heavy (non-hydrogen) atoms. The quantitative estimate of drug-likeness (QED) is 0.0102. The van der Waals surface area contributed by atoms with Crippen molar-refractivity contribution < 1.29 is 68.2 Å². The van der Waals surface area contributed by atoms with Crippen LogP contribution >= 0.6 is 7.82 Å². The van der Waals surface area contributed by atoms with Gasteiger partial charge in [0.2, 0.25) is 0 Å². The SMILES string of the molecule is CCCCC/C=C\C/C=C\C/C=C\C/C=C\C/C=C\CCC(=O)OC[C@H](COP(=O)(O)OC1[C@H](O)[C@H](O)C(O)[C@H](O)[C@H]1O)OC(=O)CCC/C=C\C/C=C\C/C=C\C=C\[C@@H](O)CCCCC. The number of hydrogen-bond acceptors (Lipinski definition) is 13. The fourth-order valence-electron chi connectivity index (χ4n) is 6.31. The normalized spacial score (nSPS) is 22.7. The van der Waals surface area contributed by atoms with Crippen LogP contribution in [0.1, 0.15) is 136 Å². The Hall–Kier alpha value is -3.53. The molecule has 1 fully saturated rings. The molecular formula is C51H81O14P. The molecule has 3 unspecified atom stereocenters. The number of ether oxygens (including phenoxy) is 2. The average Bonchev–Trinajstić information content (AvgIpc) is 3.29. The number of carbonyl (C=O) groups is 2. The highest BCUT2D eigenvalue weighted by molar-refractivity contribution is 7.47. The van der Waals surface area contributed by atoms with Gasteiger partial charge in [-0.3, -0.25) is 18.6 Å². The fourth-order valence-corrected chi connectivity index (χ4v) is 7.28. The number of unbranched alkanes of at least 4 members (excludes halogenated alkanes) is 6. The molecule has 1 aliphatic rings. The second-order valence-corrected chi connectivity index (χ2v) is 17.5. The van der Waals surface area contributed by atoms with E-state index in [4.69, 9.17) is 18.5 Å². The topological polar surface area (TPSA) is 230 Å². The molecule has 0 bridgehead atoms. The summed E-state index contributed by atoms with van der Waals surface area (Å²) in [5.74, 6) is -1.30. The van der Waals surface area contributed by atoms with Gasteiger partial charge in [-0.05, 0) is 77.0 Å². The minimum Gasteiger partial charge on any atom is -0.462 e. The maximum atomic E-state index is 12.8. The molecule has 0 aromatic heterocycles. The van der Waals surface area contributed by atoms with Crippen LogP contribution in [0.5, 0.6) is 0 Å². The number of phosphoric ester groups is 1. The van der Waals surface area contributed by atoms with Gasteiger partial charge in [0.05, 0.1) is 12.7 Å². The van der Waals surface area contributed by atoms with Crippen LogP contribution in [0.2, 0.25) is 0 Å². The molecule has 9 atom stereocenters. The molecule has 1 saturated carbocycles. The smallest absolute Gasteiger partial charge is 0.462 e. The first-order valence-corrected chi connectivity index (χ1v) is 25.3. The van der Waals surface area contributed by atoms with E-state index in [1.165, 1.54) is 19.3 Å². The molecule has 0 saturated heterocycles. The van der Waals surface area contributed by atoms with Crippen molar-refractivity contribution in [3.05, 3.63) is 109 Å². The fraction of sp³-hybridized carbons (Fsp3) is 0.608. The zero-order valence-electron chi connectivity index (χ0n) is 39.3. The zero-order valence-corrected chi connectivity index (χ0v) is 40.2. The number of aliphatic hydroxyl groups is 6. The number of hydrogen-bond donors (Lipinski definition) is 7. The third-order valence-corrected chi connectivity index (χ3v) is 11.2. The number of phosphoric acid groups is 1. The van der Waals surface area contributed by atoms with Crippen LogP contribution in [-0.4, -0.2) is 110 Å². The van der Waals surface area contributed by atoms with Gasteiger partial charge >= 0.3 is 19.8 Å². The lowest BCUT2D eigenvalue weighted by molar-refractivity contribution is -0.220. The summed E-state index contributed by atoms with van der Waals surface area (Å²) in [6.45, 7) is 3.02. The van der Waals surface area contributed by atoms with Gasteiger partial charge in [0.1, 0.15) is 43.2 Å². The summed E-state index contributed by atoms with van der Waals surface area (Å²) < 4.78 is 33.4. The Morgan fingerprint density at radius 2 is 1.02 bits per heavy atom. The van der Waals surface area contributed by atoms with Crippen molar-refractivity contribution in [1.82, 2.24) is 0 Å². The van der Waals surface area contributed by atoms with E-state index in [0.29, 0.717) is 32.1 Å². The summed E-state index contributed by atoms with van der Waals surface area (Å²) in [5, 5.41) is 60.1. The summed E-state index contributed by atoms with van der Waals surface area (Å²) in [4.78, 5) is 35.7. The van der Waals surface area contributed by atoms with Crippen LogP contribution in [0.4, 0.5) is 0 Å². The van der Waals surface area contributed by atoms with Crippen molar-refractivity contribution in [3.8, 4) is 0 Å². The van der Waals surface area contributed by atoms with Crippen molar-refractivity contribution >= 4 is 19.8 Å². The van der Waals surface area contributed by atoms with E-state index in [9.17, 15) is 49.7 Å². The molecule has 15 heteroatoms. The van der Waals surface area contributed by atoms with Gasteiger partial charge in [-0.15, -0.1) is 0 Å². The monoisotopic (exact) mass is 949 g/mol. The Kier molecular flexibility index (Phi) is 36.2. The Balaban J connectivity index is 2.57. The van der Waals surface area contributed by atoms with Gasteiger partial charge in [0.25, 0.3) is 0 Å². The molecule has 1 aliphatic carbocycles. The van der Waals surface area contributed by atoms with Crippen molar-refractivity contribution in [1.29, 1.82) is 0 Å². The van der Waals surface area contributed by atoms with Crippen LogP contribution < -0.4 is 0 Å². The van der Waals surface area contributed by atoms with Crippen LogP contribution in [0.3, 0.4) is 0 Å². The standard InChI is InChI=1S/C51H81O14P/c1-3-5-7-8-9-10-11-12-13-14-15-16-17-18-21-24-27-30-34-38-44(53)62-40-43(41-63-66(60,61)65-51-49(58)47(56)46(55)48(57)50(51)59)64-45(54)39-35-31-28-25-22-19-20-23-26-29-33-37-42(52)36-32-6-4-2/h9-10,12-13,15-16,18-21,25-30,33,37,42-43,46-52,55-59H,3-8,11,14,17,22-24,31-32,34-36,38-41H2,1-2H3,(H,60,61)/b10-9-,13-12-,16-15-,20-19-,21-18-,28-25-,29-26-,30-27-,37-33+/t42-,43+,46?,47-,48+,49+,50+,51?/m0/s1. The molecule has 7 N–H and O–H groups in total. The van der Waals surface area contributed by atoms with Crippen LogP contribution in [-0.2, 0) is 32.7 Å². The highest BCUT2D eigenvalue weighted by atomic mass is 31.2. The first-order valence-electron chi connectivity index (χ1n) is 23.8. The number of carbonyl (C=O) groups excluding carboxylic acids is 2. The minimum atomic E-state index is -5.17. The molecule has 0 radical (unpaired) electrons. The third kappa shape index (κ3) is 31.4. The second-order valence-electron chi connectivity index (χ2n) is 16.1. The van der Waals surface area contributed by atoms with Crippen LogP contribution in [0.25, 0.3) is 0 Å². The van der Waals surface area contributed by atoms with Crippen molar-refractivity contribution in [2.24, 2.45) is 0 Å². The van der Waals surface area contributed by atoms with Crippen molar-refractivity contribution in [2.75, 3.05) is 13.2 Å². The molecule has 1 rings (SSSR count). The van der Waals surface area contributed by atoms with E-state index in [1.807, 2.05) is 60.8 Å². The minimum absolute atomic E-state index is 0.0159. The van der Waals surface area contributed by atoms with E-state index in [-0.39, 0.29) is 12.8 Å². The van der Waals surface area contributed by atoms with Crippen LogP contribution in [0, 0.1) is 0 Å². The van der Waals surface area contributed by atoms with Crippen LogP contribution in [0.15, 0.2) is 109 Å². The lowest BCUT2D eigenvalue weighted by Gasteiger charge is -2.41. The van der Waals surface area contributed by atoms with E-state index < -0.39 is 81.8 Å². The van der Waals surface area contributed by atoms with Gasteiger partial charge in [-0.1, -0.05) is 155 Å². The predicted octanol–water partition coefficient (Wildman–Crippen LogP) is 8.58. The lowest BCUT2D eigenvalue weighted by atomic mass is 9.85. The number of aliphatic hydroxyl groups excluding tert-OH is 6. The molecular weight excluding hydrogens is 868 g/mol. The summed E-state index contributed by atoms with van der Waals surface area (Å²) in [5.41, 5.74) is 0. The summed E-state index contributed by atoms with van der Waals surface area (Å²) >= 11 is 0. The first-order chi connectivity index (χ1) is 31.8. The number of allylic oxidation sites excluding steroid dienone is 17. The van der Waals surface area contributed by atoms with E-state index in [2.05, 4.69) is 56.4 Å². The second kappa shape index (κ2) is 39.5. The average molecular weight is 949 g/mol. The van der Waals surface area contributed by atoms with Gasteiger partial charge in [0.15, 0.2) is 6.10 Å². The van der Waals surface area contributed by atoms with Gasteiger partial charge in [-0.25, -0.2) is 4.57 Å². The molecule has 0 amide bonds. The summed E-state index contributed by atoms with van der Waals surface area (Å²) in [6, 6.07) is 0. The van der Waals surface area contributed by atoms with Crippen molar-refractivity contribution in [3.63, 3.8) is 0 Å². The Morgan fingerprint density at radius 1 is 0.545 bits per heavy atom. The highest BCUT2D eigenvalue weighted by Gasteiger charge is 2.51. The van der Waals surface area contributed by atoms with E-state index in [0.717, 1.165) is 57.8 Å². The summed E-state index contributed by atoms with van der Waals surface area (Å²) in [6.07, 6.45) is 37.6. The Bertz CT molecular complexity index is 1580. The largest absolute Gasteiger partial charge is 0.472 e. The van der Waals surface area contributed by atoms with E-state index >= 15 is 0 Å². The Labute approximate surface area is 394 Å². The third-order valence-electron chi connectivity index (χ3n) is 10.2. The molecule has 374 valence electrons. The number of esters is 2. The molecule has 0 heterocycles. The van der Waals surface area contributed by atoms with E-state index in [1.54, 1.807) is 6.08 Å². The predicted molar refractivity (Wildman–Crippen MR) is 259 cm³/mol. The van der Waals surface area contributed by atoms with Crippen molar-refractivity contribution in [2.45, 2.75) is 185 Å². The summed E-state index contributed by atoms with van der Waals surface area (Å²) in [7, 11) is -5.17. The maximum Gasteiger partial charge on any atom is 0.472 e. The Morgan fingerprint density at radius 3 is 1.56 bits per heavy atom. The number of rotatable bonds is 37. The van der Waals surface area contributed by atoms with Gasteiger partial charge in [0, 0.05) is 12.8 Å².